The Bertz CT molecular complexity index is 948. The third-order valence-electron chi connectivity index (χ3n) is 6.27. The van der Waals surface area contributed by atoms with E-state index in [1.807, 2.05) is 0 Å². The summed E-state index contributed by atoms with van der Waals surface area (Å²) < 4.78 is 0. The lowest BCUT2D eigenvalue weighted by Crippen LogP contribution is -2.52. The number of rotatable bonds is 8. The number of nitrogens with zero attached hydrogens (tertiary/aromatic N) is 1. The second-order valence-electron chi connectivity index (χ2n) is 9.56. The lowest BCUT2D eigenvalue weighted by atomic mass is 9.73. The second kappa shape index (κ2) is 11.9. The van der Waals surface area contributed by atoms with Crippen LogP contribution in [0.2, 0.25) is 0 Å². The molecule has 176 valence electrons. The molecule has 4 heteroatoms. The van der Waals surface area contributed by atoms with Crippen molar-refractivity contribution in [3.8, 4) is 0 Å². The maximum absolute atomic E-state index is 3.94. The molecule has 2 nitrogen and oxygen atoms in total. The molecule has 4 rings (SSSR count). The molecular formula is C29H36Cl2N2. The zero-order chi connectivity index (χ0) is 21.7. The van der Waals surface area contributed by atoms with Crippen LogP contribution in [0.15, 0.2) is 103 Å². The zero-order valence-corrected chi connectivity index (χ0v) is 21.4. The van der Waals surface area contributed by atoms with Gasteiger partial charge >= 0.3 is 0 Å². The Morgan fingerprint density at radius 3 is 1.82 bits per heavy atom. The van der Waals surface area contributed by atoms with Gasteiger partial charge in [0.25, 0.3) is 0 Å². The van der Waals surface area contributed by atoms with Gasteiger partial charge in [0, 0.05) is 30.1 Å². The van der Waals surface area contributed by atoms with Crippen molar-refractivity contribution >= 4 is 24.8 Å². The van der Waals surface area contributed by atoms with E-state index in [2.05, 4.69) is 134 Å². The Labute approximate surface area is 211 Å². The van der Waals surface area contributed by atoms with Gasteiger partial charge in [-0.05, 0) is 44.0 Å². The molecule has 0 saturated heterocycles. The van der Waals surface area contributed by atoms with Crippen molar-refractivity contribution in [2.75, 3.05) is 13.6 Å². The summed E-state index contributed by atoms with van der Waals surface area (Å²) in [5.41, 5.74) is 4.00. The standard InChI is InChI=1S/C29H34N2.2ClH/c1-28(2,23-31(3)22-24-13-7-4-8-14-24)30-27-19-20-29(21-27,25-15-9-5-10-16-25)26-17-11-6-12-18-26;;/h4-20,27,30H,21-23H2,1-3H3;2*1H. The van der Waals surface area contributed by atoms with Gasteiger partial charge in [-0.3, -0.25) is 0 Å². The van der Waals surface area contributed by atoms with Gasteiger partial charge < -0.3 is 10.2 Å². The summed E-state index contributed by atoms with van der Waals surface area (Å²) in [5, 5.41) is 3.94. The highest BCUT2D eigenvalue weighted by Crippen LogP contribution is 2.42. The van der Waals surface area contributed by atoms with E-state index < -0.39 is 0 Å². The van der Waals surface area contributed by atoms with Crippen molar-refractivity contribution in [2.45, 2.75) is 43.8 Å². The van der Waals surface area contributed by atoms with Crippen LogP contribution in [0.4, 0.5) is 0 Å². The first-order valence-corrected chi connectivity index (χ1v) is 11.3. The normalized spacial score (nSPS) is 16.8. The summed E-state index contributed by atoms with van der Waals surface area (Å²) in [7, 11) is 2.21. The van der Waals surface area contributed by atoms with Crippen LogP contribution < -0.4 is 5.32 Å². The van der Waals surface area contributed by atoms with E-state index in [-0.39, 0.29) is 35.8 Å². The van der Waals surface area contributed by atoms with Gasteiger partial charge in [0.15, 0.2) is 0 Å². The number of halogens is 2. The summed E-state index contributed by atoms with van der Waals surface area (Å²) in [5.74, 6) is 0. The van der Waals surface area contributed by atoms with E-state index in [1.165, 1.54) is 16.7 Å². The predicted octanol–water partition coefficient (Wildman–Crippen LogP) is 6.65. The Hall–Kier alpha value is -2.10. The minimum atomic E-state index is -0.0772. The molecule has 0 amide bonds. The fraction of sp³-hybridized carbons (Fsp3) is 0.310. The molecule has 0 spiro atoms. The fourth-order valence-corrected chi connectivity index (χ4v) is 5.10. The highest BCUT2D eigenvalue weighted by Gasteiger charge is 2.39. The first-order valence-electron chi connectivity index (χ1n) is 11.3. The van der Waals surface area contributed by atoms with Crippen LogP contribution in [0, 0.1) is 0 Å². The molecule has 0 aromatic heterocycles. The van der Waals surface area contributed by atoms with Crippen LogP contribution in [0.3, 0.4) is 0 Å². The van der Waals surface area contributed by atoms with E-state index in [4.69, 9.17) is 0 Å². The smallest absolute Gasteiger partial charge is 0.0400 e. The molecule has 0 heterocycles. The van der Waals surface area contributed by atoms with Crippen LogP contribution in [0.5, 0.6) is 0 Å². The van der Waals surface area contributed by atoms with Gasteiger partial charge in [0.05, 0.1) is 0 Å². The molecule has 33 heavy (non-hydrogen) atoms. The fourth-order valence-electron chi connectivity index (χ4n) is 5.10. The average Bonchev–Trinajstić information content (AvgIpc) is 3.19. The maximum atomic E-state index is 3.94. The molecule has 1 aliphatic rings. The Balaban J connectivity index is 0.00000193. The largest absolute Gasteiger partial charge is 0.304 e. The first-order chi connectivity index (χ1) is 15.0. The summed E-state index contributed by atoms with van der Waals surface area (Å²) in [6, 6.07) is 32.9. The number of benzene rings is 3. The zero-order valence-electron chi connectivity index (χ0n) is 19.8. The van der Waals surface area contributed by atoms with Crippen LogP contribution in [-0.2, 0) is 12.0 Å². The minimum Gasteiger partial charge on any atom is -0.304 e. The van der Waals surface area contributed by atoms with E-state index >= 15 is 0 Å². The molecule has 3 aromatic carbocycles. The second-order valence-corrected chi connectivity index (χ2v) is 9.56. The molecule has 1 N–H and O–H groups in total. The van der Waals surface area contributed by atoms with Gasteiger partial charge in [-0.25, -0.2) is 0 Å². The monoisotopic (exact) mass is 482 g/mol. The Morgan fingerprint density at radius 1 is 0.818 bits per heavy atom. The molecule has 0 fully saturated rings. The SMILES string of the molecule is CN(Cc1ccccc1)CC(C)(C)NC1C=CC(c2ccccc2)(c2ccccc2)C1.Cl.Cl. The summed E-state index contributed by atoms with van der Waals surface area (Å²) >= 11 is 0. The molecule has 0 saturated carbocycles. The first kappa shape index (κ1) is 27.1. The molecule has 1 atom stereocenters. The van der Waals surface area contributed by atoms with Gasteiger partial charge in [-0.2, -0.15) is 0 Å². The van der Waals surface area contributed by atoms with Crippen molar-refractivity contribution in [3.63, 3.8) is 0 Å². The number of nitrogens with one attached hydrogen (secondary N) is 1. The highest BCUT2D eigenvalue weighted by atomic mass is 35.5. The van der Waals surface area contributed by atoms with Gasteiger partial charge in [0.1, 0.15) is 0 Å². The third-order valence-corrected chi connectivity index (χ3v) is 6.27. The van der Waals surface area contributed by atoms with Crippen molar-refractivity contribution in [1.82, 2.24) is 10.2 Å². The minimum absolute atomic E-state index is 0. The predicted molar refractivity (Wildman–Crippen MR) is 146 cm³/mol. The van der Waals surface area contributed by atoms with Gasteiger partial charge in [-0.1, -0.05) is 103 Å². The molecule has 3 aromatic rings. The molecular weight excluding hydrogens is 447 g/mol. The van der Waals surface area contributed by atoms with E-state index in [9.17, 15) is 0 Å². The summed E-state index contributed by atoms with van der Waals surface area (Å²) in [6.07, 6.45) is 5.82. The highest BCUT2D eigenvalue weighted by molar-refractivity contribution is 5.85. The van der Waals surface area contributed by atoms with Gasteiger partial charge in [-0.15, -0.1) is 24.8 Å². The van der Waals surface area contributed by atoms with Gasteiger partial charge in [0.2, 0.25) is 0 Å². The van der Waals surface area contributed by atoms with Crippen LogP contribution >= 0.6 is 24.8 Å². The topological polar surface area (TPSA) is 15.3 Å². The molecule has 1 unspecified atom stereocenters. The lowest BCUT2D eigenvalue weighted by Gasteiger charge is -2.36. The van der Waals surface area contributed by atoms with E-state index in [0.29, 0.717) is 6.04 Å². The van der Waals surface area contributed by atoms with Crippen molar-refractivity contribution < 1.29 is 0 Å². The van der Waals surface area contributed by atoms with E-state index in [1.54, 1.807) is 0 Å². The molecule has 1 aliphatic carbocycles. The van der Waals surface area contributed by atoms with Crippen LogP contribution in [-0.4, -0.2) is 30.1 Å². The number of likely N-dealkylation sites (N-methyl/N-ethyl adjacent to an activating group) is 1. The number of hydrogen-bond donors (Lipinski definition) is 1. The van der Waals surface area contributed by atoms with Crippen LogP contribution in [0.25, 0.3) is 0 Å². The van der Waals surface area contributed by atoms with Crippen molar-refractivity contribution in [1.29, 1.82) is 0 Å². The Kier molecular flexibility index (Phi) is 9.75. The van der Waals surface area contributed by atoms with Crippen LogP contribution in [0.1, 0.15) is 37.0 Å². The lowest BCUT2D eigenvalue weighted by molar-refractivity contribution is 0.218. The summed E-state index contributed by atoms with van der Waals surface area (Å²) in [4.78, 5) is 2.41. The molecule has 0 radical (unpaired) electrons. The molecule has 0 bridgehead atoms. The Morgan fingerprint density at radius 2 is 1.30 bits per heavy atom. The van der Waals surface area contributed by atoms with Crippen molar-refractivity contribution in [2.24, 2.45) is 0 Å². The average molecular weight is 484 g/mol. The number of allylic oxidation sites excluding steroid dienone is 1. The van der Waals surface area contributed by atoms with Crippen molar-refractivity contribution in [3.05, 3.63) is 120 Å². The summed E-state index contributed by atoms with van der Waals surface area (Å²) in [6.45, 7) is 6.57. The molecule has 0 aliphatic heterocycles. The van der Waals surface area contributed by atoms with E-state index in [0.717, 1.165) is 19.5 Å². The third kappa shape index (κ3) is 6.71. The maximum Gasteiger partial charge on any atom is 0.0400 e. The number of hydrogen-bond acceptors (Lipinski definition) is 2. The quantitative estimate of drug-likeness (QED) is 0.361.